The van der Waals surface area contributed by atoms with E-state index in [2.05, 4.69) is 32.9 Å². The summed E-state index contributed by atoms with van der Waals surface area (Å²) in [6, 6.07) is 0. The molecule has 1 heterocycles. The monoisotopic (exact) mass is 458 g/mol. The third-order valence-corrected chi connectivity index (χ3v) is 5.25. The van der Waals surface area contributed by atoms with Crippen LogP contribution in [0.4, 0.5) is 0 Å². The molecule has 1 aromatic rings. The first-order valence-corrected chi connectivity index (χ1v) is 11.3. The summed E-state index contributed by atoms with van der Waals surface area (Å²) in [6.45, 7) is 11.8. The molecule has 0 radical (unpaired) electrons. The minimum Gasteiger partial charge on any atom is -0.482 e. The Bertz CT molecular complexity index is 933. The Morgan fingerprint density at radius 1 is 1.00 bits per heavy atom. The largest absolute Gasteiger partial charge is 0.482 e. The lowest BCUT2D eigenvalue weighted by Crippen LogP contribution is -2.29. The zero-order valence-corrected chi connectivity index (χ0v) is 21.3. The molecule has 0 N–H and O–H groups in total. The number of benzene rings is 1. The van der Waals surface area contributed by atoms with E-state index in [1.54, 1.807) is 14.2 Å². The van der Waals surface area contributed by atoms with Crippen molar-refractivity contribution in [2.75, 3.05) is 27.8 Å². The number of hydrogen-bond donors (Lipinski definition) is 0. The van der Waals surface area contributed by atoms with E-state index in [-0.39, 0.29) is 19.4 Å². The lowest BCUT2D eigenvalue weighted by atomic mass is 9.92. The van der Waals surface area contributed by atoms with Crippen molar-refractivity contribution in [3.63, 3.8) is 0 Å². The number of fused-ring (bicyclic) bond motifs is 1. The van der Waals surface area contributed by atoms with Crippen LogP contribution in [0.1, 0.15) is 75.9 Å². The van der Waals surface area contributed by atoms with E-state index in [1.165, 1.54) is 18.1 Å². The molecule has 1 aromatic carbocycles. The number of allylic oxidation sites excluding steroid dienone is 4. The van der Waals surface area contributed by atoms with Crippen LogP contribution in [-0.2, 0) is 15.9 Å². The van der Waals surface area contributed by atoms with Crippen molar-refractivity contribution >= 4 is 11.9 Å². The van der Waals surface area contributed by atoms with Crippen LogP contribution in [0.15, 0.2) is 29.4 Å². The molecule has 2 rings (SSSR count). The van der Waals surface area contributed by atoms with Gasteiger partial charge >= 0.3 is 0 Å². The van der Waals surface area contributed by atoms with E-state index in [9.17, 15) is 4.79 Å². The van der Waals surface area contributed by atoms with Crippen molar-refractivity contribution in [3.05, 3.63) is 46.1 Å². The van der Waals surface area contributed by atoms with Gasteiger partial charge in [0.1, 0.15) is 28.4 Å². The maximum absolute atomic E-state index is 12.8. The molecular formula is C27H38O6. The second-order valence-electron chi connectivity index (χ2n) is 9.03. The van der Waals surface area contributed by atoms with Gasteiger partial charge < -0.3 is 23.7 Å². The van der Waals surface area contributed by atoms with Crippen LogP contribution in [0, 0.1) is 0 Å². The zero-order chi connectivity index (χ0) is 24.6. The SMILES string of the molecule is COCOc1c2c(c(C(C)=O)c(OCOC)c1C/C=C(\C)CCC=C(C)C)OC(C)(C)C=C2. The normalized spacial score (nSPS) is 14.4. The summed E-state index contributed by atoms with van der Waals surface area (Å²) >= 11 is 0. The van der Waals surface area contributed by atoms with E-state index >= 15 is 0 Å². The van der Waals surface area contributed by atoms with E-state index < -0.39 is 5.60 Å². The van der Waals surface area contributed by atoms with Crippen LogP contribution in [0.25, 0.3) is 6.08 Å². The molecule has 0 saturated heterocycles. The molecule has 0 fully saturated rings. The summed E-state index contributed by atoms with van der Waals surface area (Å²) in [5.41, 5.74) is 3.86. The molecule has 1 aliphatic rings. The average Bonchev–Trinajstić information content (AvgIpc) is 2.73. The smallest absolute Gasteiger partial charge is 0.188 e. The highest BCUT2D eigenvalue weighted by molar-refractivity contribution is 6.02. The quantitative estimate of drug-likeness (QED) is 0.209. The summed E-state index contributed by atoms with van der Waals surface area (Å²) in [7, 11) is 3.12. The highest BCUT2D eigenvalue weighted by Gasteiger charge is 2.33. The molecule has 0 aromatic heterocycles. The Hall–Kier alpha value is -2.57. The fourth-order valence-corrected chi connectivity index (χ4v) is 3.63. The van der Waals surface area contributed by atoms with Crippen molar-refractivity contribution in [1.82, 2.24) is 0 Å². The van der Waals surface area contributed by atoms with Gasteiger partial charge in [-0.15, -0.1) is 0 Å². The Kier molecular flexibility index (Phi) is 9.74. The topological polar surface area (TPSA) is 63.2 Å². The van der Waals surface area contributed by atoms with Crippen molar-refractivity contribution < 1.29 is 28.5 Å². The van der Waals surface area contributed by atoms with Gasteiger partial charge in [-0.25, -0.2) is 0 Å². The standard InChI is InChI=1S/C27H38O6/c1-18(2)10-9-11-19(3)12-13-21-24(31-16-29-7)22-14-15-27(5,6)33-26(22)23(20(4)28)25(21)32-17-30-8/h10,12,14-15H,9,11,13,16-17H2,1-8H3/b19-12+. The molecule has 0 bridgehead atoms. The summed E-state index contributed by atoms with van der Waals surface area (Å²) in [6.07, 6.45) is 10.8. The highest BCUT2D eigenvalue weighted by atomic mass is 16.7. The first-order valence-electron chi connectivity index (χ1n) is 11.3. The number of methoxy groups -OCH3 is 2. The van der Waals surface area contributed by atoms with Crippen molar-refractivity contribution in [3.8, 4) is 17.2 Å². The van der Waals surface area contributed by atoms with Gasteiger partial charge in [-0.1, -0.05) is 23.3 Å². The molecule has 6 heteroatoms. The van der Waals surface area contributed by atoms with Crippen LogP contribution in [0.5, 0.6) is 17.2 Å². The first kappa shape index (κ1) is 26.7. The maximum atomic E-state index is 12.8. The highest BCUT2D eigenvalue weighted by Crippen LogP contribution is 2.48. The zero-order valence-electron chi connectivity index (χ0n) is 21.3. The lowest BCUT2D eigenvalue weighted by molar-refractivity contribution is 0.0431. The second-order valence-corrected chi connectivity index (χ2v) is 9.03. The van der Waals surface area contributed by atoms with Crippen LogP contribution < -0.4 is 14.2 Å². The van der Waals surface area contributed by atoms with Gasteiger partial charge in [0.05, 0.1) is 5.56 Å². The summed E-state index contributed by atoms with van der Waals surface area (Å²) in [4.78, 5) is 12.8. The predicted molar refractivity (Wildman–Crippen MR) is 131 cm³/mol. The molecule has 182 valence electrons. The van der Waals surface area contributed by atoms with Crippen molar-refractivity contribution in [2.24, 2.45) is 0 Å². The minimum absolute atomic E-state index is 0.00170. The van der Waals surface area contributed by atoms with Crippen molar-refractivity contribution in [2.45, 2.75) is 66.4 Å². The number of Topliss-reactive ketones (excluding diaryl/α,β-unsaturated/α-hetero) is 1. The van der Waals surface area contributed by atoms with Crippen LogP contribution in [0.2, 0.25) is 0 Å². The predicted octanol–water partition coefficient (Wildman–Crippen LogP) is 6.27. The Morgan fingerprint density at radius 3 is 2.21 bits per heavy atom. The minimum atomic E-state index is -0.572. The Labute approximate surface area is 198 Å². The van der Waals surface area contributed by atoms with Crippen LogP contribution in [0.3, 0.4) is 0 Å². The van der Waals surface area contributed by atoms with E-state index in [4.69, 9.17) is 23.7 Å². The average molecular weight is 459 g/mol. The van der Waals surface area contributed by atoms with Gasteiger partial charge in [0.25, 0.3) is 0 Å². The van der Waals surface area contributed by atoms with Gasteiger partial charge in [-0.3, -0.25) is 4.79 Å². The van der Waals surface area contributed by atoms with Crippen LogP contribution >= 0.6 is 0 Å². The fourth-order valence-electron chi connectivity index (χ4n) is 3.63. The molecule has 0 unspecified atom stereocenters. The van der Waals surface area contributed by atoms with Gasteiger partial charge in [-0.05, 0) is 73.0 Å². The summed E-state index contributed by atoms with van der Waals surface area (Å²) < 4.78 is 28.6. The first-order chi connectivity index (χ1) is 15.6. The molecular weight excluding hydrogens is 420 g/mol. The molecule has 0 saturated carbocycles. The molecule has 0 spiro atoms. The maximum Gasteiger partial charge on any atom is 0.188 e. The van der Waals surface area contributed by atoms with Crippen molar-refractivity contribution in [1.29, 1.82) is 0 Å². The molecule has 6 nitrogen and oxygen atoms in total. The fraction of sp³-hybridized carbons (Fsp3) is 0.519. The molecule has 0 aliphatic carbocycles. The number of ether oxygens (including phenoxy) is 5. The number of hydrogen-bond acceptors (Lipinski definition) is 6. The van der Waals surface area contributed by atoms with Gasteiger partial charge in [-0.2, -0.15) is 0 Å². The third-order valence-electron chi connectivity index (χ3n) is 5.25. The Balaban J connectivity index is 2.66. The summed E-state index contributed by atoms with van der Waals surface area (Å²) in [5.74, 6) is 1.32. The number of rotatable bonds is 12. The van der Waals surface area contributed by atoms with E-state index in [0.717, 1.165) is 18.4 Å². The molecule has 1 aliphatic heterocycles. The van der Waals surface area contributed by atoms with E-state index in [1.807, 2.05) is 26.0 Å². The Morgan fingerprint density at radius 2 is 1.64 bits per heavy atom. The van der Waals surface area contributed by atoms with Crippen LogP contribution in [-0.4, -0.2) is 39.2 Å². The number of carbonyl (C=O) groups is 1. The van der Waals surface area contributed by atoms with Gasteiger partial charge in [0.15, 0.2) is 19.4 Å². The molecule has 0 atom stereocenters. The molecule has 33 heavy (non-hydrogen) atoms. The number of ketones is 1. The summed E-state index contributed by atoms with van der Waals surface area (Å²) in [5, 5.41) is 0. The van der Waals surface area contributed by atoms with Gasteiger partial charge in [0, 0.05) is 19.8 Å². The second kappa shape index (κ2) is 12.1. The van der Waals surface area contributed by atoms with Gasteiger partial charge in [0.2, 0.25) is 0 Å². The van der Waals surface area contributed by atoms with E-state index in [0.29, 0.717) is 34.8 Å². The lowest BCUT2D eigenvalue weighted by Gasteiger charge is -2.32. The third kappa shape index (κ3) is 7.21. The molecule has 0 amide bonds. The number of carbonyl (C=O) groups excluding carboxylic acids is 1.